The molecule has 0 aliphatic carbocycles. The first-order chi connectivity index (χ1) is 12.1. The molecule has 128 valence electrons. The lowest BCUT2D eigenvalue weighted by Gasteiger charge is -2.14. The van der Waals surface area contributed by atoms with Gasteiger partial charge in [-0.3, -0.25) is 9.36 Å². The largest absolute Gasteiger partial charge is 0.349 e. The highest BCUT2D eigenvalue weighted by Crippen LogP contribution is 2.21. The van der Waals surface area contributed by atoms with Crippen LogP contribution in [0.3, 0.4) is 0 Å². The molecule has 2 aromatic carbocycles. The topological polar surface area (TPSA) is 59.8 Å². The third-order valence-corrected chi connectivity index (χ3v) is 4.84. The van der Waals surface area contributed by atoms with Crippen LogP contribution in [0.4, 0.5) is 0 Å². The Morgan fingerprint density at radius 2 is 1.88 bits per heavy atom. The summed E-state index contributed by atoms with van der Waals surface area (Å²) in [6, 6.07) is 17.9. The summed E-state index contributed by atoms with van der Waals surface area (Å²) in [6.45, 7) is 4.02. The first-order valence-electron chi connectivity index (χ1n) is 8.08. The minimum atomic E-state index is -0.0271. The number of carbonyl (C=O) groups excluding carboxylic acids is 1. The van der Waals surface area contributed by atoms with Crippen LogP contribution in [0, 0.1) is 6.92 Å². The number of nitrogens with zero attached hydrogens (tertiary/aromatic N) is 3. The maximum atomic E-state index is 12.2. The van der Waals surface area contributed by atoms with E-state index in [0.29, 0.717) is 10.9 Å². The molecule has 1 atom stereocenters. The number of hydrogen-bond donors (Lipinski definition) is 1. The summed E-state index contributed by atoms with van der Waals surface area (Å²) in [6.07, 6.45) is 1.68. The van der Waals surface area contributed by atoms with Crippen LogP contribution in [-0.4, -0.2) is 26.4 Å². The fourth-order valence-electron chi connectivity index (χ4n) is 2.56. The van der Waals surface area contributed by atoms with Crippen LogP contribution in [0.5, 0.6) is 0 Å². The van der Waals surface area contributed by atoms with Crippen molar-refractivity contribution < 1.29 is 4.79 Å². The molecule has 0 aliphatic rings. The highest BCUT2D eigenvalue weighted by atomic mass is 32.2. The summed E-state index contributed by atoms with van der Waals surface area (Å²) < 4.78 is 1.91. The minimum absolute atomic E-state index is 0.0245. The van der Waals surface area contributed by atoms with Crippen molar-refractivity contribution in [2.24, 2.45) is 0 Å². The van der Waals surface area contributed by atoms with Crippen LogP contribution in [0.25, 0.3) is 5.69 Å². The lowest BCUT2D eigenvalue weighted by molar-refractivity contribution is -0.119. The van der Waals surface area contributed by atoms with Gasteiger partial charge in [0.25, 0.3) is 0 Å². The van der Waals surface area contributed by atoms with Crippen molar-refractivity contribution in [2.45, 2.75) is 25.0 Å². The number of thioether (sulfide) groups is 1. The SMILES string of the molecule is Cc1ccccc1-n1cnnc1SCC(=O)NC(C)c1ccccc1. The normalized spacial score (nSPS) is 11.9. The summed E-state index contributed by atoms with van der Waals surface area (Å²) in [5, 5.41) is 11.8. The van der Waals surface area contributed by atoms with Crippen molar-refractivity contribution in [2.75, 3.05) is 5.75 Å². The third kappa shape index (κ3) is 4.28. The quantitative estimate of drug-likeness (QED) is 0.689. The Kier molecular flexibility index (Phi) is 5.50. The monoisotopic (exact) mass is 352 g/mol. The summed E-state index contributed by atoms with van der Waals surface area (Å²) in [4.78, 5) is 12.2. The van der Waals surface area contributed by atoms with Gasteiger partial charge in [-0.2, -0.15) is 0 Å². The number of amides is 1. The Morgan fingerprint density at radius 3 is 2.64 bits per heavy atom. The lowest BCUT2D eigenvalue weighted by atomic mass is 10.1. The fraction of sp³-hybridized carbons (Fsp3) is 0.211. The van der Waals surface area contributed by atoms with Crippen molar-refractivity contribution >= 4 is 17.7 Å². The molecular formula is C19H20N4OS. The maximum Gasteiger partial charge on any atom is 0.230 e. The van der Waals surface area contributed by atoms with Gasteiger partial charge in [0, 0.05) is 0 Å². The first kappa shape index (κ1) is 17.2. The van der Waals surface area contributed by atoms with Crippen LogP contribution in [0.2, 0.25) is 0 Å². The molecule has 5 nitrogen and oxygen atoms in total. The van der Waals surface area contributed by atoms with E-state index in [1.165, 1.54) is 11.8 Å². The van der Waals surface area contributed by atoms with Crippen molar-refractivity contribution in [1.82, 2.24) is 20.1 Å². The number of carbonyl (C=O) groups is 1. The van der Waals surface area contributed by atoms with Gasteiger partial charge in [-0.1, -0.05) is 60.3 Å². The molecule has 3 aromatic rings. The Balaban J connectivity index is 1.62. The van der Waals surface area contributed by atoms with Crippen molar-refractivity contribution in [3.05, 3.63) is 72.1 Å². The van der Waals surface area contributed by atoms with Crippen LogP contribution in [0.1, 0.15) is 24.1 Å². The second-order valence-electron chi connectivity index (χ2n) is 5.76. The summed E-state index contributed by atoms with van der Waals surface area (Å²) in [5.41, 5.74) is 3.24. The average molecular weight is 352 g/mol. The summed E-state index contributed by atoms with van der Waals surface area (Å²) in [5.74, 6) is 0.266. The molecule has 0 radical (unpaired) electrons. The van der Waals surface area contributed by atoms with Crippen LogP contribution >= 0.6 is 11.8 Å². The van der Waals surface area contributed by atoms with E-state index in [1.54, 1.807) is 6.33 Å². The van der Waals surface area contributed by atoms with Gasteiger partial charge in [0.1, 0.15) is 6.33 Å². The zero-order valence-electron chi connectivity index (χ0n) is 14.2. The second kappa shape index (κ2) is 7.98. The predicted octanol–water partition coefficient (Wildman–Crippen LogP) is 3.55. The van der Waals surface area contributed by atoms with Gasteiger partial charge in [-0.25, -0.2) is 0 Å². The number of rotatable bonds is 6. The number of hydrogen-bond acceptors (Lipinski definition) is 4. The number of benzene rings is 2. The molecule has 1 aromatic heterocycles. The highest BCUT2D eigenvalue weighted by Gasteiger charge is 2.13. The van der Waals surface area contributed by atoms with Crippen molar-refractivity contribution in [1.29, 1.82) is 0 Å². The number of aromatic nitrogens is 3. The number of aryl methyl sites for hydroxylation is 1. The Morgan fingerprint density at radius 1 is 1.16 bits per heavy atom. The van der Waals surface area contributed by atoms with E-state index in [9.17, 15) is 4.79 Å². The third-order valence-electron chi connectivity index (χ3n) is 3.90. The maximum absolute atomic E-state index is 12.2. The number of nitrogens with one attached hydrogen (secondary N) is 1. The molecule has 6 heteroatoms. The fourth-order valence-corrected chi connectivity index (χ4v) is 3.29. The molecular weight excluding hydrogens is 332 g/mol. The zero-order chi connectivity index (χ0) is 17.6. The predicted molar refractivity (Wildman–Crippen MR) is 99.8 cm³/mol. The average Bonchev–Trinajstić information content (AvgIpc) is 3.09. The smallest absolute Gasteiger partial charge is 0.230 e. The van der Waals surface area contributed by atoms with Gasteiger partial charge in [-0.05, 0) is 31.0 Å². The molecule has 0 aliphatic heterocycles. The molecule has 0 saturated heterocycles. The Labute approximate surface area is 151 Å². The zero-order valence-corrected chi connectivity index (χ0v) is 15.0. The molecule has 1 unspecified atom stereocenters. The lowest BCUT2D eigenvalue weighted by Crippen LogP contribution is -2.28. The van der Waals surface area contributed by atoms with Crippen LogP contribution in [0.15, 0.2) is 66.1 Å². The Bertz CT molecular complexity index is 847. The van der Waals surface area contributed by atoms with Gasteiger partial charge < -0.3 is 5.32 Å². The van der Waals surface area contributed by atoms with E-state index in [4.69, 9.17) is 0 Å². The van der Waals surface area contributed by atoms with Gasteiger partial charge in [0.05, 0.1) is 17.5 Å². The highest BCUT2D eigenvalue weighted by molar-refractivity contribution is 7.99. The molecule has 0 spiro atoms. The van der Waals surface area contributed by atoms with Gasteiger partial charge in [0.2, 0.25) is 5.91 Å². The molecule has 3 rings (SSSR count). The van der Waals surface area contributed by atoms with Crippen molar-refractivity contribution in [3.8, 4) is 5.69 Å². The van der Waals surface area contributed by atoms with Crippen LogP contribution in [-0.2, 0) is 4.79 Å². The van der Waals surface area contributed by atoms with E-state index >= 15 is 0 Å². The van der Waals surface area contributed by atoms with Gasteiger partial charge in [0.15, 0.2) is 5.16 Å². The first-order valence-corrected chi connectivity index (χ1v) is 9.07. The summed E-state index contributed by atoms with van der Waals surface area (Å²) in [7, 11) is 0. The van der Waals surface area contributed by atoms with E-state index in [-0.39, 0.29) is 11.9 Å². The molecule has 1 heterocycles. The van der Waals surface area contributed by atoms with E-state index in [0.717, 1.165) is 16.8 Å². The summed E-state index contributed by atoms with van der Waals surface area (Å²) >= 11 is 1.38. The molecule has 0 bridgehead atoms. The van der Waals surface area contributed by atoms with E-state index in [1.807, 2.05) is 73.0 Å². The Hall–Kier alpha value is -2.60. The van der Waals surface area contributed by atoms with Gasteiger partial charge in [-0.15, -0.1) is 10.2 Å². The van der Waals surface area contributed by atoms with E-state index in [2.05, 4.69) is 15.5 Å². The standard InChI is InChI=1S/C19H20N4OS/c1-14-8-6-7-11-17(14)23-13-20-22-19(23)25-12-18(24)21-15(2)16-9-4-3-5-10-16/h3-11,13,15H,12H2,1-2H3,(H,21,24). The minimum Gasteiger partial charge on any atom is -0.349 e. The molecule has 1 amide bonds. The van der Waals surface area contributed by atoms with Crippen molar-refractivity contribution in [3.63, 3.8) is 0 Å². The molecule has 25 heavy (non-hydrogen) atoms. The number of para-hydroxylation sites is 1. The second-order valence-corrected chi connectivity index (χ2v) is 6.70. The van der Waals surface area contributed by atoms with Gasteiger partial charge >= 0.3 is 0 Å². The molecule has 0 saturated carbocycles. The molecule has 0 fully saturated rings. The van der Waals surface area contributed by atoms with Crippen LogP contribution < -0.4 is 5.32 Å². The molecule has 1 N–H and O–H groups in total. The van der Waals surface area contributed by atoms with E-state index < -0.39 is 0 Å².